The van der Waals surface area contributed by atoms with Gasteiger partial charge < -0.3 is 22.6 Å². The van der Waals surface area contributed by atoms with Gasteiger partial charge in [0.1, 0.15) is 5.58 Å². The number of aryl methyl sites for hydroxylation is 1. The predicted octanol–water partition coefficient (Wildman–Crippen LogP) is 6.66. The van der Waals surface area contributed by atoms with E-state index in [1.165, 1.54) is 0 Å². The van der Waals surface area contributed by atoms with Gasteiger partial charge in [0.05, 0.1) is 10.1 Å². The number of fused-ring (bicyclic) bond motifs is 1. The molecule has 3 aromatic heterocycles. The highest BCUT2D eigenvalue weighted by Gasteiger charge is 2.46. The van der Waals surface area contributed by atoms with E-state index in [1.807, 2.05) is 45.0 Å². The normalized spacial score (nSPS) is 11.9. The van der Waals surface area contributed by atoms with Crippen LogP contribution in [0.4, 0.5) is 5.69 Å². The van der Waals surface area contributed by atoms with E-state index < -0.39 is 8.80 Å². The largest absolute Gasteiger partial charge is 0.547 e. The molecule has 6 nitrogen and oxygen atoms in total. The van der Waals surface area contributed by atoms with Crippen LogP contribution in [0.1, 0.15) is 40.2 Å². The Morgan fingerprint density at radius 2 is 1.46 bits per heavy atom. The van der Waals surface area contributed by atoms with E-state index in [0.717, 1.165) is 48.9 Å². The summed E-state index contributed by atoms with van der Waals surface area (Å²) in [7, 11) is -2.99. The fourth-order valence-electron chi connectivity index (χ4n) is 4.47. The summed E-state index contributed by atoms with van der Waals surface area (Å²) in [5.74, 6) is 0. The molecule has 0 aliphatic carbocycles. The van der Waals surface area contributed by atoms with Crippen molar-refractivity contribution in [3.63, 3.8) is 0 Å². The fourth-order valence-corrected chi connectivity index (χ4v) is 10.2. The summed E-state index contributed by atoms with van der Waals surface area (Å²) in [5, 5.41) is 0.913. The maximum absolute atomic E-state index is 13.0. The predicted molar refractivity (Wildman–Crippen MR) is 158 cm³/mol. The van der Waals surface area contributed by atoms with Crippen molar-refractivity contribution < 1.29 is 17.7 Å². The van der Waals surface area contributed by atoms with E-state index in [0.29, 0.717) is 31.0 Å². The second-order valence-corrected chi connectivity index (χ2v) is 13.5. The third-order valence-electron chi connectivity index (χ3n) is 6.16. The molecule has 0 spiro atoms. The molecule has 4 aromatic rings. The van der Waals surface area contributed by atoms with Crippen molar-refractivity contribution in [1.82, 2.24) is 0 Å². The fraction of sp³-hybridized carbons (Fsp3) is 0.393. The second kappa shape index (κ2) is 12.1. The van der Waals surface area contributed by atoms with Crippen molar-refractivity contribution in [3.8, 4) is 20.2 Å². The highest BCUT2D eigenvalue weighted by molar-refractivity contribution is 7.30. The topological polar surface area (TPSA) is 61.1 Å². The first-order chi connectivity index (χ1) is 17.9. The number of anilines is 1. The van der Waals surface area contributed by atoms with Crippen molar-refractivity contribution >= 4 is 52.6 Å². The Morgan fingerprint density at radius 3 is 2.08 bits per heavy atom. The maximum atomic E-state index is 13.0. The quantitative estimate of drug-likeness (QED) is 0.143. The van der Waals surface area contributed by atoms with Gasteiger partial charge in [-0.2, -0.15) is 0 Å². The lowest BCUT2D eigenvalue weighted by Crippen LogP contribution is -2.56. The van der Waals surface area contributed by atoms with E-state index in [1.54, 1.807) is 22.7 Å². The first-order valence-corrected chi connectivity index (χ1v) is 16.2. The van der Waals surface area contributed by atoms with E-state index in [-0.39, 0.29) is 5.63 Å². The minimum absolute atomic E-state index is 0.323. The number of benzene rings is 1. The average molecular weight is 558 g/mol. The van der Waals surface area contributed by atoms with Gasteiger partial charge in [0.25, 0.3) is 0 Å². The molecule has 4 rings (SSSR count). The van der Waals surface area contributed by atoms with Gasteiger partial charge in [-0.25, -0.2) is 4.79 Å². The molecular formula is C28H35NO5S2Si. The van der Waals surface area contributed by atoms with Gasteiger partial charge in [-0.1, -0.05) is 0 Å². The van der Waals surface area contributed by atoms with Gasteiger partial charge in [-0.05, 0) is 83.5 Å². The SMILES string of the molecule is CCO[Si](OCC)(OCC)c1sc(-c2ccc(-c3cc4ccc(N(CC)CC)cc4oc3=O)s2)cc1C. The van der Waals surface area contributed by atoms with Gasteiger partial charge in [0, 0.05) is 64.7 Å². The number of nitrogens with zero attached hydrogens (tertiary/aromatic N) is 1. The lowest BCUT2D eigenvalue weighted by Gasteiger charge is -2.27. The van der Waals surface area contributed by atoms with Crippen LogP contribution in [0.2, 0.25) is 0 Å². The summed E-state index contributed by atoms with van der Waals surface area (Å²) in [6, 6.07) is 14.2. The van der Waals surface area contributed by atoms with Crippen molar-refractivity contribution in [1.29, 1.82) is 0 Å². The van der Waals surface area contributed by atoms with Crippen LogP contribution in [-0.2, 0) is 13.3 Å². The third kappa shape index (κ3) is 5.62. The number of hydrogen-bond acceptors (Lipinski definition) is 8. The number of hydrogen-bond donors (Lipinski definition) is 0. The molecule has 0 saturated carbocycles. The molecule has 0 fully saturated rings. The second-order valence-electron chi connectivity index (χ2n) is 8.48. The zero-order chi connectivity index (χ0) is 26.6. The molecule has 0 aliphatic rings. The molecule has 0 unspecified atom stereocenters. The highest BCUT2D eigenvalue weighted by Crippen LogP contribution is 2.37. The zero-order valence-electron chi connectivity index (χ0n) is 22.4. The molecule has 0 N–H and O–H groups in total. The zero-order valence-corrected chi connectivity index (χ0v) is 25.0. The van der Waals surface area contributed by atoms with Crippen LogP contribution in [0.15, 0.2) is 51.7 Å². The summed E-state index contributed by atoms with van der Waals surface area (Å²) >= 11 is 3.24. The molecule has 37 heavy (non-hydrogen) atoms. The van der Waals surface area contributed by atoms with Crippen molar-refractivity contribution in [3.05, 3.63) is 58.4 Å². The van der Waals surface area contributed by atoms with Gasteiger partial charge in [0.2, 0.25) is 0 Å². The Bertz CT molecular complexity index is 1390. The van der Waals surface area contributed by atoms with Gasteiger partial charge in [0.15, 0.2) is 0 Å². The van der Waals surface area contributed by atoms with Crippen LogP contribution in [0, 0.1) is 6.92 Å². The minimum Gasteiger partial charge on any atom is -0.422 e. The molecular weight excluding hydrogens is 523 g/mol. The Hall–Kier alpha value is -2.27. The molecule has 0 amide bonds. The number of rotatable bonds is 12. The summed E-state index contributed by atoms with van der Waals surface area (Å²) in [6.45, 7) is 15.6. The van der Waals surface area contributed by atoms with Crippen molar-refractivity contribution in [2.45, 2.75) is 41.5 Å². The van der Waals surface area contributed by atoms with Crippen LogP contribution in [0.5, 0.6) is 0 Å². The van der Waals surface area contributed by atoms with Crippen LogP contribution < -0.4 is 15.0 Å². The van der Waals surface area contributed by atoms with Crippen LogP contribution in [0.3, 0.4) is 0 Å². The van der Waals surface area contributed by atoms with E-state index in [9.17, 15) is 4.79 Å². The third-order valence-corrected chi connectivity index (χ3v) is 12.5. The van der Waals surface area contributed by atoms with Gasteiger partial charge >= 0.3 is 14.4 Å². The molecule has 3 heterocycles. The molecule has 0 saturated heterocycles. The highest BCUT2D eigenvalue weighted by atomic mass is 32.1. The van der Waals surface area contributed by atoms with Gasteiger partial charge in [-0.3, -0.25) is 0 Å². The minimum atomic E-state index is -2.99. The molecule has 9 heteroatoms. The lowest BCUT2D eigenvalue weighted by atomic mass is 10.1. The van der Waals surface area contributed by atoms with Gasteiger partial charge in [-0.15, -0.1) is 22.7 Å². The summed E-state index contributed by atoms with van der Waals surface area (Å²) in [5.41, 5.74) is 3.02. The maximum Gasteiger partial charge on any atom is 0.547 e. The van der Waals surface area contributed by atoms with E-state index >= 15 is 0 Å². The van der Waals surface area contributed by atoms with Crippen LogP contribution >= 0.6 is 22.7 Å². The van der Waals surface area contributed by atoms with E-state index in [2.05, 4.69) is 43.9 Å². The Morgan fingerprint density at radius 1 is 0.811 bits per heavy atom. The lowest BCUT2D eigenvalue weighted by molar-refractivity contribution is 0.0865. The molecule has 1 aromatic carbocycles. The molecule has 0 atom stereocenters. The van der Waals surface area contributed by atoms with Crippen molar-refractivity contribution in [2.75, 3.05) is 37.8 Å². The first kappa shape index (κ1) is 27.8. The number of thiophene rings is 2. The molecule has 0 radical (unpaired) electrons. The van der Waals surface area contributed by atoms with Crippen molar-refractivity contribution in [2.24, 2.45) is 0 Å². The molecule has 0 aliphatic heterocycles. The summed E-state index contributed by atoms with van der Waals surface area (Å²) in [4.78, 5) is 18.3. The Balaban J connectivity index is 1.69. The average Bonchev–Trinajstić information content (AvgIpc) is 3.52. The van der Waals surface area contributed by atoms with Crippen LogP contribution in [-0.4, -0.2) is 41.7 Å². The monoisotopic (exact) mass is 557 g/mol. The molecule has 0 bridgehead atoms. The standard InChI is InChI=1S/C28H35NO5S2Si/c1-7-29(8-2)21-13-12-20-17-22(27(30)34-23(20)18-21)24-14-15-25(35-24)26-16-19(6)28(36-26)37(31-9-3,32-10-4)33-11-5/h12-18H,7-11H2,1-6H3. The Labute approximate surface area is 227 Å². The van der Waals surface area contributed by atoms with Crippen LogP contribution in [0.25, 0.3) is 31.2 Å². The Kier molecular flexibility index (Phi) is 9.05. The summed E-state index contributed by atoms with van der Waals surface area (Å²) < 4.78 is 25.3. The molecule has 198 valence electrons. The first-order valence-electron chi connectivity index (χ1n) is 12.9. The van der Waals surface area contributed by atoms with E-state index in [4.69, 9.17) is 17.7 Å². The summed E-state index contributed by atoms with van der Waals surface area (Å²) in [6.07, 6.45) is 0. The smallest absolute Gasteiger partial charge is 0.422 e.